The third-order valence-electron chi connectivity index (χ3n) is 2.97. The highest BCUT2D eigenvalue weighted by Gasteiger charge is 2.38. The SMILES string of the molecule is C[C@H]1CCCC(C)(C)[C@@H]1OC=O. The van der Waals surface area contributed by atoms with Crippen molar-refractivity contribution in [3.05, 3.63) is 0 Å². The topological polar surface area (TPSA) is 26.3 Å². The van der Waals surface area contributed by atoms with Gasteiger partial charge in [0.1, 0.15) is 6.10 Å². The van der Waals surface area contributed by atoms with Crippen molar-refractivity contribution in [1.82, 2.24) is 0 Å². The highest BCUT2D eigenvalue weighted by Crippen LogP contribution is 2.40. The van der Waals surface area contributed by atoms with E-state index in [0.29, 0.717) is 12.4 Å². The summed E-state index contributed by atoms with van der Waals surface area (Å²) in [6.45, 7) is 7.11. The first-order valence-corrected chi connectivity index (χ1v) is 4.67. The summed E-state index contributed by atoms with van der Waals surface area (Å²) in [5, 5.41) is 0. The number of rotatable bonds is 2. The summed E-state index contributed by atoms with van der Waals surface area (Å²) >= 11 is 0. The van der Waals surface area contributed by atoms with Gasteiger partial charge in [0.15, 0.2) is 0 Å². The van der Waals surface area contributed by atoms with Crippen LogP contribution in [0.25, 0.3) is 0 Å². The van der Waals surface area contributed by atoms with Crippen LogP contribution in [-0.2, 0) is 9.53 Å². The largest absolute Gasteiger partial charge is 0.464 e. The highest BCUT2D eigenvalue weighted by atomic mass is 16.5. The molecule has 0 radical (unpaired) electrons. The van der Waals surface area contributed by atoms with E-state index in [1.54, 1.807) is 0 Å². The third-order valence-corrected chi connectivity index (χ3v) is 2.97. The molecule has 0 heterocycles. The molecule has 0 saturated heterocycles. The Bertz CT molecular complexity index is 163. The lowest BCUT2D eigenvalue weighted by Gasteiger charge is -2.41. The molecule has 12 heavy (non-hydrogen) atoms. The predicted octanol–water partition coefficient (Wildman–Crippen LogP) is 2.37. The molecule has 1 saturated carbocycles. The maximum atomic E-state index is 10.3. The minimum atomic E-state index is 0.115. The van der Waals surface area contributed by atoms with Crippen LogP contribution in [-0.4, -0.2) is 12.6 Å². The van der Waals surface area contributed by atoms with E-state index in [1.165, 1.54) is 12.8 Å². The Balaban J connectivity index is 2.66. The molecule has 0 aromatic heterocycles. The van der Waals surface area contributed by atoms with Gasteiger partial charge in [0.05, 0.1) is 0 Å². The van der Waals surface area contributed by atoms with Crippen molar-refractivity contribution in [2.45, 2.75) is 46.1 Å². The summed E-state index contributed by atoms with van der Waals surface area (Å²) in [7, 11) is 0. The third kappa shape index (κ3) is 1.79. The molecule has 2 nitrogen and oxygen atoms in total. The Hall–Kier alpha value is -0.530. The van der Waals surface area contributed by atoms with Gasteiger partial charge in [-0.1, -0.05) is 27.2 Å². The van der Waals surface area contributed by atoms with E-state index in [9.17, 15) is 4.79 Å². The van der Waals surface area contributed by atoms with E-state index >= 15 is 0 Å². The first-order valence-electron chi connectivity index (χ1n) is 4.67. The van der Waals surface area contributed by atoms with E-state index in [2.05, 4.69) is 20.8 Å². The quantitative estimate of drug-likeness (QED) is 0.595. The fourth-order valence-corrected chi connectivity index (χ4v) is 2.32. The van der Waals surface area contributed by atoms with Crippen molar-refractivity contribution in [2.24, 2.45) is 11.3 Å². The Morgan fingerprint density at radius 2 is 2.17 bits per heavy atom. The van der Waals surface area contributed by atoms with Crippen LogP contribution in [0.2, 0.25) is 0 Å². The second kappa shape index (κ2) is 3.46. The van der Waals surface area contributed by atoms with Crippen LogP contribution in [0.15, 0.2) is 0 Å². The van der Waals surface area contributed by atoms with E-state index in [-0.39, 0.29) is 11.5 Å². The van der Waals surface area contributed by atoms with Gasteiger partial charge < -0.3 is 4.74 Å². The van der Waals surface area contributed by atoms with E-state index in [0.717, 1.165) is 6.42 Å². The van der Waals surface area contributed by atoms with E-state index < -0.39 is 0 Å². The average Bonchev–Trinajstić information content (AvgIpc) is 1.97. The van der Waals surface area contributed by atoms with Crippen LogP contribution in [0.1, 0.15) is 40.0 Å². The molecule has 70 valence electrons. The molecular formula is C10H18O2. The smallest absolute Gasteiger partial charge is 0.293 e. The molecule has 0 N–H and O–H groups in total. The molecule has 1 aliphatic carbocycles. The standard InChI is InChI=1S/C10H18O2/c1-8-5-4-6-10(2,3)9(8)12-7-11/h7-9H,4-6H2,1-3H3/t8-,9+/m0/s1. The monoisotopic (exact) mass is 170 g/mol. The van der Waals surface area contributed by atoms with Crippen molar-refractivity contribution in [1.29, 1.82) is 0 Å². The molecule has 0 amide bonds. The lowest BCUT2D eigenvalue weighted by Crippen LogP contribution is -2.40. The van der Waals surface area contributed by atoms with Crippen molar-refractivity contribution >= 4 is 6.47 Å². The zero-order valence-electron chi connectivity index (χ0n) is 8.17. The molecular weight excluding hydrogens is 152 g/mol. The summed E-state index contributed by atoms with van der Waals surface area (Å²) in [5.74, 6) is 0.513. The summed E-state index contributed by atoms with van der Waals surface area (Å²) in [5.41, 5.74) is 0.165. The van der Waals surface area contributed by atoms with Crippen LogP contribution in [0.5, 0.6) is 0 Å². The Morgan fingerprint density at radius 3 is 2.67 bits per heavy atom. The molecule has 1 aliphatic rings. The lowest BCUT2D eigenvalue weighted by atomic mass is 9.70. The molecule has 0 aliphatic heterocycles. The summed E-state index contributed by atoms with van der Waals surface area (Å²) in [6, 6.07) is 0. The van der Waals surface area contributed by atoms with Crippen LogP contribution in [0, 0.1) is 11.3 Å². The Labute approximate surface area is 74.3 Å². The van der Waals surface area contributed by atoms with E-state index in [4.69, 9.17) is 4.74 Å². The molecule has 0 unspecified atom stereocenters. The van der Waals surface area contributed by atoms with Crippen LogP contribution < -0.4 is 0 Å². The average molecular weight is 170 g/mol. The Morgan fingerprint density at radius 1 is 1.50 bits per heavy atom. The van der Waals surface area contributed by atoms with Crippen molar-refractivity contribution in [3.63, 3.8) is 0 Å². The highest BCUT2D eigenvalue weighted by molar-refractivity contribution is 5.37. The van der Waals surface area contributed by atoms with Gasteiger partial charge >= 0.3 is 0 Å². The zero-order valence-corrected chi connectivity index (χ0v) is 8.17. The maximum absolute atomic E-state index is 10.3. The van der Waals surface area contributed by atoms with Crippen molar-refractivity contribution in [2.75, 3.05) is 0 Å². The van der Waals surface area contributed by atoms with Gasteiger partial charge in [0, 0.05) is 5.41 Å². The van der Waals surface area contributed by atoms with Gasteiger partial charge in [-0.05, 0) is 18.8 Å². The summed E-state index contributed by atoms with van der Waals surface area (Å²) in [6.07, 6.45) is 3.72. The van der Waals surface area contributed by atoms with Crippen molar-refractivity contribution in [3.8, 4) is 0 Å². The molecule has 2 heteroatoms. The second-order valence-electron chi connectivity index (χ2n) is 4.51. The minimum absolute atomic E-state index is 0.115. The fourth-order valence-electron chi connectivity index (χ4n) is 2.32. The van der Waals surface area contributed by atoms with Crippen molar-refractivity contribution < 1.29 is 9.53 Å². The van der Waals surface area contributed by atoms with E-state index in [1.807, 2.05) is 0 Å². The molecule has 1 rings (SSSR count). The Kier molecular flexibility index (Phi) is 2.76. The zero-order chi connectivity index (χ0) is 9.19. The summed E-state index contributed by atoms with van der Waals surface area (Å²) in [4.78, 5) is 10.3. The fraction of sp³-hybridized carbons (Fsp3) is 0.900. The number of hydrogen-bond acceptors (Lipinski definition) is 2. The number of hydrogen-bond donors (Lipinski definition) is 0. The number of carbonyl (C=O) groups excluding carboxylic acids is 1. The maximum Gasteiger partial charge on any atom is 0.293 e. The minimum Gasteiger partial charge on any atom is -0.464 e. The normalized spacial score (nSPS) is 34.2. The second-order valence-corrected chi connectivity index (χ2v) is 4.51. The summed E-state index contributed by atoms with van der Waals surface area (Å²) < 4.78 is 5.13. The molecule has 0 bridgehead atoms. The first-order chi connectivity index (χ1) is 5.58. The van der Waals surface area contributed by atoms with Gasteiger partial charge in [-0.3, -0.25) is 4.79 Å². The van der Waals surface area contributed by atoms with Crippen LogP contribution in [0.4, 0.5) is 0 Å². The lowest BCUT2D eigenvalue weighted by molar-refractivity contribution is -0.147. The van der Waals surface area contributed by atoms with Gasteiger partial charge in [0.2, 0.25) is 0 Å². The number of ether oxygens (including phenoxy) is 1. The first kappa shape index (κ1) is 9.56. The van der Waals surface area contributed by atoms with Gasteiger partial charge in [-0.2, -0.15) is 0 Å². The van der Waals surface area contributed by atoms with Gasteiger partial charge in [0.25, 0.3) is 6.47 Å². The van der Waals surface area contributed by atoms with Crippen LogP contribution in [0.3, 0.4) is 0 Å². The molecule has 1 fully saturated rings. The van der Waals surface area contributed by atoms with Gasteiger partial charge in [-0.15, -0.1) is 0 Å². The van der Waals surface area contributed by atoms with Gasteiger partial charge in [-0.25, -0.2) is 0 Å². The number of carbonyl (C=O) groups is 1. The molecule has 0 spiro atoms. The molecule has 2 atom stereocenters. The van der Waals surface area contributed by atoms with Crippen LogP contribution >= 0.6 is 0 Å². The molecule has 0 aromatic rings. The predicted molar refractivity (Wildman–Crippen MR) is 47.7 cm³/mol. The molecule has 0 aromatic carbocycles.